The Hall–Kier alpha value is -3.14. The maximum absolute atomic E-state index is 13.2. The quantitative estimate of drug-likeness (QED) is 0.389. The van der Waals surface area contributed by atoms with Crippen molar-refractivity contribution in [3.63, 3.8) is 0 Å². The summed E-state index contributed by atoms with van der Waals surface area (Å²) in [5.74, 6) is -0.689. The normalized spacial score (nSPS) is 11.0. The van der Waals surface area contributed by atoms with Crippen LogP contribution in [-0.4, -0.2) is 5.97 Å². The summed E-state index contributed by atoms with van der Waals surface area (Å²) in [6.45, 7) is 0. The van der Waals surface area contributed by atoms with Crippen LogP contribution in [-0.2, 0) is 0 Å². The first kappa shape index (κ1) is 13.5. The van der Waals surface area contributed by atoms with Gasteiger partial charge in [0.2, 0.25) is 0 Å². The Morgan fingerprint density at radius 2 is 1.70 bits per heavy atom. The fourth-order valence-corrected chi connectivity index (χ4v) is 2.55. The fraction of sp³-hybridized carbons (Fsp3) is 0. The van der Waals surface area contributed by atoms with Gasteiger partial charge in [-0.15, -0.1) is 0 Å². The molecule has 3 nitrogen and oxygen atoms in total. The first-order chi connectivity index (χ1) is 11.2. The molecule has 0 radical (unpaired) electrons. The number of benzene rings is 3. The van der Waals surface area contributed by atoms with Gasteiger partial charge in [-0.25, -0.2) is 9.18 Å². The summed E-state index contributed by atoms with van der Waals surface area (Å²) < 4.78 is 24.2. The molecule has 0 bridgehead atoms. The molecule has 0 saturated heterocycles. The monoisotopic (exact) mass is 306 g/mol. The standard InChI is InChI=1S/C19H11FO3/c20-13-5-3-4-12(10-13)19(21)22-14-8-9-18-16(11-14)15-6-1-2-7-17(15)23-18/h1-11H. The van der Waals surface area contributed by atoms with Gasteiger partial charge in [0.25, 0.3) is 0 Å². The molecule has 23 heavy (non-hydrogen) atoms. The van der Waals surface area contributed by atoms with Crippen LogP contribution >= 0.6 is 0 Å². The van der Waals surface area contributed by atoms with E-state index in [1.165, 1.54) is 18.2 Å². The molecular weight excluding hydrogens is 295 g/mol. The topological polar surface area (TPSA) is 39.4 Å². The number of carbonyl (C=O) groups is 1. The van der Waals surface area contributed by atoms with E-state index in [4.69, 9.17) is 9.15 Å². The fourth-order valence-electron chi connectivity index (χ4n) is 2.55. The SMILES string of the molecule is O=C(Oc1ccc2oc3ccccc3c2c1)c1cccc(F)c1. The van der Waals surface area contributed by atoms with Crippen molar-refractivity contribution < 1.29 is 18.3 Å². The Labute approximate surface area is 130 Å². The van der Waals surface area contributed by atoms with E-state index in [1.54, 1.807) is 18.2 Å². The Balaban J connectivity index is 1.71. The van der Waals surface area contributed by atoms with Crippen LogP contribution in [0.3, 0.4) is 0 Å². The third-order valence-electron chi connectivity index (χ3n) is 3.62. The first-order valence-corrected chi connectivity index (χ1v) is 7.10. The number of furan rings is 1. The van der Waals surface area contributed by atoms with Crippen LogP contribution in [0.5, 0.6) is 5.75 Å². The lowest BCUT2D eigenvalue weighted by Crippen LogP contribution is -2.08. The van der Waals surface area contributed by atoms with E-state index in [2.05, 4.69) is 0 Å². The number of hydrogen-bond acceptors (Lipinski definition) is 3. The van der Waals surface area contributed by atoms with Gasteiger partial charge in [0.1, 0.15) is 22.7 Å². The third kappa shape index (κ3) is 2.44. The predicted molar refractivity (Wildman–Crippen MR) is 85.1 cm³/mol. The summed E-state index contributed by atoms with van der Waals surface area (Å²) >= 11 is 0. The van der Waals surface area contributed by atoms with E-state index >= 15 is 0 Å². The smallest absolute Gasteiger partial charge is 0.343 e. The van der Waals surface area contributed by atoms with Gasteiger partial charge in [-0.3, -0.25) is 0 Å². The highest BCUT2D eigenvalue weighted by molar-refractivity contribution is 6.05. The molecule has 4 heteroatoms. The van der Waals surface area contributed by atoms with Gasteiger partial charge < -0.3 is 9.15 Å². The van der Waals surface area contributed by atoms with Crippen LogP contribution in [0, 0.1) is 5.82 Å². The van der Waals surface area contributed by atoms with Crippen molar-refractivity contribution in [2.24, 2.45) is 0 Å². The molecule has 0 amide bonds. The summed E-state index contributed by atoms with van der Waals surface area (Å²) in [5.41, 5.74) is 1.66. The van der Waals surface area contributed by atoms with Crippen molar-refractivity contribution in [3.05, 3.63) is 78.1 Å². The zero-order valence-electron chi connectivity index (χ0n) is 12.0. The molecule has 1 aromatic heterocycles. The highest BCUT2D eigenvalue weighted by Crippen LogP contribution is 2.31. The van der Waals surface area contributed by atoms with Gasteiger partial charge >= 0.3 is 5.97 Å². The second-order valence-corrected chi connectivity index (χ2v) is 5.16. The van der Waals surface area contributed by atoms with Crippen LogP contribution in [0.1, 0.15) is 10.4 Å². The molecule has 0 saturated carbocycles. The minimum absolute atomic E-state index is 0.169. The summed E-state index contributed by atoms with van der Waals surface area (Å²) in [7, 11) is 0. The lowest BCUT2D eigenvalue weighted by molar-refractivity contribution is 0.0734. The van der Waals surface area contributed by atoms with E-state index < -0.39 is 11.8 Å². The van der Waals surface area contributed by atoms with E-state index in [9.17, 15) is 9.18 Å². The number of fused-ring (bicyclic) bond motifs is 3. The highest BCUT2D eigenvalue weighted by Gasteiger charge is 2.12. The zero-order chi connectivity index (χ0) is 15.8. The molecule has 4 aromatic rings. The number of para-hydroxylation sites is 1. The maximum atomic E-state index is 13.2. The lowest BCUT2D eigenvalue weighted by Gasteiger charge is -2.04. The van der Waals surface area contributed by atoms with Crippen molar-refractivity contribution in [2.75, 3.05) is 0 Å². The molecule has 0 aliphatic heterocycles. The number of hydrogen-bond donors (Lipinski definition) is 0. The van der Waals surface area contributed by atoms with E-state index in [0.717, 1.165) is 28.0 Å². The van der Waals surface area contributed by atoms with Crippen molar-refractivity contribution in [3.8, 4) is 5.75 Å². The molecule has 0 spiro atoms. The van der Waals surface area contributed by atoms with Gasteiger partial charge in [-0.05, 0) is 42.5 Å². The minimum Gasteiger partial charge on any atom is -0.456 e. The van der Waals surface area contributed by atoms with Crippen molar-refractivity contribution in [1.82, 2.24) is 0 Å². The average Bonchev–Trinajstić information content (AvgIpc) is 2.93. The number of carbonyl (C=O) groups excluding carboxylic acids is 1. The Kier molecular flexibility index (Phi) is 3.08. The molecule has 0 fully saturated rings. The number of ether oxygens (including phenoxy) is 1. The molecule has 1 heterocycles. The minimum atomic E-state index is -0.600. The third-order valence-corrected chi connectivity index (χ3v) is 3.62. The molecule has 0 N–H and O–H groups in total. The highest BCUT2D eigenvalue weighted by atomic mass is 19.1. The number of esters is 1. The first-order valence-electron chi connectivity index (χ1n) is 7.10. The van der Waals surface area contributed by atoms with Crippen molar-refractivity contribution in [2.45, 2.75) is 0 Å². The van der Waals surface area contributed by atoms with Crippen LogP contribution in [0.15, 0.2) is 71.1 Å². The van der Waals surface area contributed by atoms with E-state index in [0.29, 0.717) is 5.75 Å². The predicted octanol–water partition coefficient (Wildman–Crippen LogP) is 4.94. The molecule has 0 unspecified atom stereocenters. The molecule has 3 aromatic carbocycles. The van der Waals surface area contributed by atoms with Crippen LogP contribution in [0.2, 0.25) is 0 Å². The van der Waals surface area contributed by atoms with Gasteiger partial charge in [-0.2, -0.15) is 0 Å². The maximum Gasteiger partial charge on any atom is 0.343 e. The zero-order valence-corrected chi connectivity index (χ0v) is 12.0. The summed E-state index contributed by atoms with van der Waals surface area (Å²) in [5, 5.41) is 1.82. The van der Waals surface area contributed by atoms with E-state index in [1.807, 2.05) is 24.3 Å². The summed E-state index contributed by atoms with van der Waals surface area (Å²) in [6.07, 6.45) is 0. The molecule has 4 rings (SSSR count). The summed E-state index contributed by atoms with van der Waals surface area (Å²) in [6, 6.07) is 18.2. The lowest BCUT2D eigenvalue weighted by atomic mass is 10.1. The summed E-state index contributed by atoms with van der Waals surface area (Å²) in [4.78, 5) is 12.1. The van der Waals surface area contributed by atoms with Gasteiger partial charge in [0.05, 0.1) is 5.56 Å². The Morgan fingerprint density at radius 1 is 0.870 bits per heavy atom. The van der Waals surface area contributed by atoms with Crippen LogP contribution in [0.25, 0.3) is 21.9 Å². The molecule has 0 aliphatic carbocycles. The number of halogens is 1. The molecule has 0 aliphatic rings. The second-order valence-electron chi connectivity index (χ2n) is 5.16. The van der Waals surface area contributed by atoms with E-state index in [-0.39, 0.29) is 5.56 Å². The van der Waals surface area contributed by atoms with Gasteiger partial charge in [-0.1, -0.05) is 24.3 Å². The Bertz CT molecular complexity index is 1030. The van der Waals surface area contributed by atoms with Crippen molar-refractivity contribution >= 4 is 27.9 Å². The Morgan fingerprint density at radius 3 is 2.57 bits per heavy atom. The van der Waals surface area contributed by atoms with Gasteiger partial charge in [0, 0.05) is 10.8 Å². The van der Waals surface area contributed by atoms with Crippen molar-refractivity contribution in [1.29, 1.82) is 0 Å². The van der Waals surface area contributed by atoms with Gasteiger partial charge in [0.15, 0.2) is 0 Å². The molecule has 0 atom stereocenters. The number of rotatable bonds is 2. The van der Waals surface area contributed by atoms with Crippen LogP contribution in [0.4, 0.5) is 4.39 Å². The largest absolute Gasteiger partial charge is 0.456 e. The molecular formula is C19H11FO3. The molecule has 112 valence electrons. The average molecular weight is 306 g/mol. The van der Waals surface area contributed by atoms with Crippen LogP contribution < -0.4 is 4.74 Å². The second kappa shape index (κ2) is 5.25.